The van der Waals surface area contributed by atoms with Crippen molar-refractivity contribution in [1.82, 2.24) is 14.9 Å². The predicted molar refractivity (Wildman–Crippen MR) is 183 cm³/mol. The van der Waals surface area contributed by atoms with E-state index in [1.54, 1.807) is 23.3 Å². The Bertz CT molecular complexity index is 1840. The molecule has 1 amide bonds. The van der Waals surface area contributed by atoms with Gasteiger partial charge in [0.25, 0.3) is 0 Å². The molecule has 3 aromatic carbocycles. The minimum Gasteiger partial charge on any atom is -0.494 e. The average molecular weight is 696 g/mol. The Morgan fingerprint density at radius 1 is 1.06 bits per heavy atom. The SMILES string of the molecule is C=CC(=O)Nc1cc(Nc2cc(N3OCCC3c3ccc(F)c(Oc4cccc(C(F)(F)F)c4)c3)ncn2)c(OC)cc1N(C)CCN(C)C. The number of rotatable bonds is 13. The van der Waals surface area contributed by atoms with E-state index in [0.717, 1.165) is 24.4 Å². The molecule has 0 aliphatic carbocycles. The highest BCUT2D eigenvalue weighted by atomic mass is 19.4. The number of alkyl halides is 3. The highest BCUT2D eigenvalue weighted by molar-refractivity contribution is 6.02. The summed E-state index contributed by atoms with van der Waals surface area (Å²) in [7, 11) is 7.40. The molecule has 50 heavy (non-hydrogen) atoms. The molecule has 11 nitrogen and oxygen atoms in total. The minimum atomic E-state index is -4.58. The molecular weight excluding hydrogens is 658 g/mol. The van der Waals surface area contributed by atoms with Crippen molar-refractivity contribution in [2.75, 3.05) is 68.5 Å². The number of benzene rings is 3. The van der Waals surface area contributed by atoms with E-state index in [2.05, 4.69) is 32.1 Å². The van der Waals surface area contributed by atoms with E-state index in [4.69, 9.17) is 14.3 Å². The number of ether oxygens (including phenoxy) is 2. The Balaban J connectivity index is 1.40. The third kappa shape index (κ3) is 8.59. The van der Waals surface area contributed by atoms with Crippen LogP contribution in [0.4, 0.5) is 46.3 Å². The Kier molecular flexibility index (Phi) is 11.1. The number of hydroxylamine groups is 1. The maximum atomic E-state index is 14.8. The first-order chi connectivity index (χ1) is 23.9. The van der Waals surface area contributed by atoms with E-state index in [0.29, 0.717) is 53.9 Å². The molecule has 1 atom stereocenters. The molecule has 2 N–H and O–H groups in total. The van der Waals surface area contributed by atoms with Crippen LogP contribution in [0, 0.1) is 5.82 Å². The van der Waals surface area contributed by atoms with Gasteiger partial charge < -0.3 is 29.9 Å². The first kappa shape index (κ1) is 35.9. The summed E-state index contributed by atoms with van der Waals surface area (Å²) >= 11 is 0. The average Bonchev–Trinajstić information content (AvgIpc) is 3.58. The zero-order chi connectivity index (χ0) is 36.0. The summed E-state index contributed by atoms with van der Waals surface area (Å²) in [6.45, 7) is 5.34. The molecular formula is C35H37F4N7O4. The van der Waals surface area contributed by atoms with Crippen LogP contribution in [-0.2, 0) is 15.8 Å². The Hall–Kier alpha value is -5.41. The quantitative estimate of drug-likeness (QED) is 0.110. The number of amides is 1. The standard InChI is InChI=1S/C35H37F4N7O4/c1-6-34(47)43-26-18-27(31(48-5)19-29(26)45(4)14-13-44(2)3)42-32-20-33(41-21-40-32)46-28(12-15-49-46)22-10-11-25(36)30(16-22)50-24-9-7-8-23(17-24)35(37,38)39/h6-11,16-21,28H,1,12-15H2,2-5H3,(H,43,47)(H,40,41,42). The smallest absolute Gasteiger partial charge is 0.416 e. The van der Waals surface area contributed by atoms with Crippen molar-refractivity contribution in [2.24, 2.45) is 0 Å². The maximum Gasteiger partial charge on any atom is 0.416 e. The maximum absolute atomic E-state index is 14.8. The molecule has 0 bridgehead atoms. The number of anilines is 5. The van der Waals surface area contributed by atoms with Crippen LogP contribution >= 0.6 is 0 Å². The molecule has 1 aromatic heterocycles. The highest BCUT2D eigenvalue weighted by Gasteiger charge is 2.32. The first-order valence-electron chi connectivity index (χ1n) is 15.5. The van der Waals surface area contributed by atoms with Crippen molar-refractivity contribution in [2.45, 2.75) is 18.6 Å². The van der Waals surface area contributed by atoms with Gasteiger partial charge in [0.1, 0.15) is 23.6 Å². The molecule has 1 saturated heterocycles. The van der Waals surface area contributed by atoms with Crippen molar-refractivity contribution in [3.63, 3.8) is 0 Å². The first-order valence-corrected chi connectivity index (χ1v) is 15.5. The number of aromatic nitrogens is 2. The largest absolute Gasteiger partial charge is 0.494 e. The number of halogens is 4. The molecule has 264 valence electrons. The molecule has 1 unspecified atom stereocenters. The topological polar surface area (TPSA) is 104 Å². The highest BCUT2D eigenvalue weighted by Crippen LogP contribution is 2.40. The molecule has 1 fully saturated rings. The summed E-state index contributed by atoms with van der Waals surface area (Å²) in [6.07, 6.45) is -1.54. The van der Waals surface area contributed by atoms with Gasteiger partial charge in [-0.2, -0.15) is 13.2 Å². The molecule has 1 aliphatic rings. The summed E-state index contributed by atoms with van der Waals surface area (Å²) in [5.74, 6) is -0.257. The summed E-state index contributed by atoms with van der Waals surface area (Å²) < 4.78 is 65.8. The minimum absolute atomic E-state index is 0.155. The summed E-state index contributed by atoms with van der Waals surface area (Å²) in [5, 5.41) is 7.66. The van der Waals surface area contributed by atoms with Gasteiger partial charge in [0.15, 0.2) is 17.4 Å². The van der Waals surface area contributed by atoms with E-state index < -0.39 is 23.6 Å². The molecule has 5 rings (SSSR count). The predicted octanol–water partition coefficient (Wildman–Crippen LogP) is 7.18. The van der Waals surface area contributed by atoms with E-state index in [1.165, 1.54) is 43.8 Å². The van der Waals surface area contributed by atoms with E-state index in [9.17, 15) is 22.4 Å². The van der Waals surface area contributed by atoms with E-state index in [-0.39, 0.29) is 17.4 Å². The lowest BCUT2D eigenvalue weighted by Gasteiger charge is -2.26. The van der Waals surface area contributed by atoms with Gasteiger partial charge >= 0.3 is 6.18 Å². The second-order valence-corrected chi connectivity index (χ2v) is 11.7. The second-order valence-electron chi connectivity index (χ2n) is 11.7. The van der Waals surface area contributed by atoms with E-state index in [1.807, 2.05) is 32.1 Å². The van der Waals surface area contributed by atoms with Crippen LogP contribution in [0.15, 0.2) is 79.6 Å². The van der Waals surface area contributed by atoms with Gasteiger partial charge in [-0.05, 0) is 62.1 Å². The van der Waals surface area contributed by atoms with Gasteiger partial charge in [0.2, 0.25) is 5.91 Å². The number of methoxy groups -OCH3 is 1. The summed E-state index contributed by atoms with van der Waals surface area (Å²) in [4.78, 5) is 31.1. The van der Waals surface area contributed by atoms with Crippen molar-refractivity contribution < 1.29 is 36.7 Å². The van der Waals surface area contributed by atoms with Crippen LogP contribution < -0.4 is 30.1 Å². The Morgan fingerprint density at radius 3 is 2.58 bits per heavy atom. The fraction of sp³-hybridized carbons (Fsp3) is 0.286. The zero-order valence-corrected chi connectivity index (χ0v) is 27.9. The fourth-order valence-electron chi connectivity index (χ4n) is 5.25. The number of hydrogen-bond acceptors (Lipinski definition) is 10. The summed E-state index contributed by atoms with van der Waals surface area (Å²) in [6, 6.07) is 13.2. The Morgan fingerprint density at radius 2 is 1.86 bits per heavy atom. The van der Waals surface area contributed by atoms with Gasteiger partial charge in [-0.25, -0.2) is 19.4 Å². The zero-order valence-electron chi connectivity index (χ0n) is 27.9. The van der Waals surface area contributed by atoms with Crippen molar-refractivity contribution >= 4 is 34.6 Å². The molecule has 2 heterocycles. The molecule has 0 radical (unpaired) electrons. The van der Waals surface area contributed by atoms with Crippen molar-refractivity contribution in [3.05, 3.63) is 96.6 Å². The van der Waals surface area contributed by atoms with Crippen LogP contribution in [0.3, 0.4) is 0 Å². The van der Waals surface area contributed by atoms with Crippen LogP contribution in [-0.4, -0.2) is 68.7 Å². The number of carbonyl (C=O) groups is 1. The number of hydrogen-bond donors (Lipinski definition) is 2. The second kappa shape index (κ2) is 15.4. The van der Waals surface area contributed by atoms with Crippen molar-refractivity contribution in [3.8, 4) is 17.2 Å². The van der Waals surface area contributed by atoms with Crippen LogP contribution in [0.25, 0.3) is 0 Å². The third-order valence-electron chi connectivity index (χ3n) is 7.83. The van der Waals surface area contributed by atoms with Gasteiger partial charge in [-0.15, -0.1) is 0 Å². The lowest BCUT2D eigenvalue weighted by molar-refractivity contribution is -0.137. The number of carbonyl (C=O) groups excluding carboxylic acids is 1. The fourth-order valence-corrected chi connectivity index (χ4v) is 5.25. The van der Waals surface area contributed by atoms with E-state index >= 15 is 0 Å². The molecule has 4 aromatic rings. The molecule has 1 aliphatic heterocycles. The third-order valence-corrected chi connectivity index (χ3v) is 7.83. The van der Waals surface area contributed by atoms with Crippen LogP contribution in [0.1, 0.15) is 23.6 Å². The van der Waals surface area contributed by atoms with Crippen molar-refractivity contribution in [1.29, 1.82) is 0 Å². The monoisotopic (exact) mass is 695 g/mol. The number of likely N-dealkylation sites (N-methyl/N-ethyl adjacent to an activating group) is 2. The normalized spacial score (nSPS) is 14.4. The summed E-state index contributed by atoms with van der Waals surface area (Å²) in [5.41, 5.74) is 1.45. The van der Waals surface area contributed by atoms with Crippen LogP contribution in [0.2, 0.25) is 0 Å². The molecule has 0 spiro atoms. The number of nitrogens with zero attached hydrogens (tertiary/aromatic N) is 5. The van der Waals surface area contributed by atoms with Gasteiger partial charge in [0.05, 0.1) is 42.4 Å². The molecule has 0 saturated carbocycles. The van der Waals surface area contributed by atoms with Gasteiger partial charge in [-0.3, -0.25) is 9.63 Å². The number of nitrogens with one attached hydrogen (secondary N) is 2. The molecule has 15 heteroatoms. The lowest BCUT2D eigenvalue weighted by Crippen LogP contribution is -2.29. The van der Waals surface area contributed by atoms with Gasteiger partial charge in [-0.1, -0.05) is 18.7 Å². The van der Waals surface area contributed by atoms with Crippen LogP contribution in [0.5, 0.6) is 17.2 Å². The lowest BCUT2D eigenvalue weighted by atomic mass is 10.0. The van der Waals surface area contributed by atoms with Gasteiger partial charge in [0, 0.05) is 38.7 Å². The Labute approximate surface area is 287 Å².